The van der Waals surface area contributed by atoms with Gasteiger partial charge in [0, 0.05) is 29.7 Å². The summed E-state index contributed by atoms with van der Waals surface area (Å²) in [4.78, 5) is 12.5. The molecule has 10 nitrogen and oxygen atoms in total. The van der Waals surface area contributed by atoms with Crippen LogP contribution in [0.15, 0.2) is 66.1 Å². The van der Waals surface area contributed by atoms with Crippen molar-refractivity contribution in [3.8, 4) is 28.5 Å². The second-order valence-corrected chi connectivity index (χ2v) is 8.41. The molecule has 170 valence electrons. The van der Waals surface area contributed by atoms with E-state index >= 15 is 0 Å². The normalized spacial score (nSPS) is 12.4. The maximum absolute atomic E-state index is 12.5. The summed E-state index contributed by atoms with van der Waals surface area (Å²) in [6.45, 7) is 0.189. The van der Waals surface area contributed by atoms with Crippen molar-refractivity contribution >= 4 is 34.5 Å². The van der Waals surface area contributed by atoms with E-state index in [-0.39, 0.29) is 18.5 Å². The number of aromatic nitrogens is 5. The minimum absolute atomic E-state index is 0.159. The first-order valence-electron chi connectivity index (χ1n) is 10.4. The molecule has 0 spiro atoms. The highest BCUT2D eigenvalue weighted by Crippen LogP contribution is 2.34. The van der Waals surface area contributed by atoms with Gasteiger partial charge < -0.3 is 19.5 Å². The number of anilines is 1. The SMILES string of the molecule is COc1ccc(-c2cc3c4nnc(SCC(=O)Nc5ccc6c(c5)OCO6)n4ccn3n2)cc1. The maximum Gasteiger partial charge on any atom is 0.234 e. The van der Waals surface area contributed by atoms with Crippen molar-refractivity contribution in [3.05, 3.63) is 60.9 Å². The van der Waals surface area contributed by atoms with Crippen molar-refractivity contribution in [2.45, 2.75) is 5.16 Å². The van der Waals surface area contributed by atoms with Gasteiger partial charge in [-0.05, 0) is 42.5 Å². The van der Waals surface area contributed by atoms with Crippen LogP contribution in [0.3, 0.4) is 0 Å². The van der Waals surface area contributed by atoms with Crippen molar-refractivity contribution in [1.82, 2.24) is 24.2 Å². The first-order valence-corrected chi connectivity index (χ1v) is 11.4. The number of fused-ring (bicyclic) bond motifs is 4. The first kappa shape index (κ1) is 20.4. The number of nitrogens with one attached hydrogen (secondary N) is 1. The largest absolute Gasteiger partial charge is 0.497 e. The van der Waals surface area contributed by atoms with Gasteiger partial charge in [-0.1, -0.05) is 11.8 Å². The Bertz CT molecular complexity index is 1530. The third-order valence-corrected chi connectivity index (χ3v) is 6.30. The van der Waals surface area contributed by atoms with Crippen molar-refractivity contribution in [2.24, 2.45) is 0 Å². The van der Waals surface area contributed by atoms with Gasteiger partial charge in [0.1, 0.15) is 11.3 Å². The lowest BCUT2D eigenvalue weighted by atomic mass is 10.1. The van der Waals surface area contributed by atoms with Gasteiger partial charge in [-0.3, -0.25) is 9.20 Å². The molecule has 34 heavy (non-hydrogen) atoms. The molecule has 0 aliphatic carbocycles. The smallest absolute Gasteiger partial charge is 0.234 e. The minimum Gasteiger partial charge on any atom is -0.497 e. The zero-order valence-corrected chi connectivity index (χ0v) is 18.8. The topological polar surface area (TPSA) is 104 Å². The first-order chi connectivity index (χ1) is 16.7. The van der Waals surface area contributed by atoms with Gasteiger partial charge in [0.2, 0.25) is 12.7 Å². The third-order valence-electron chi connectivity index (χ3n) is 5.36. The number of benzene rings is 2. The van der Waals surface area contributed by atoms with E-state index in [0.717, 1.165) is 22.5 Å². The second kappa shape index (κ2) is 8.27. The number of thioether (sulfide) groups is 1. The number of rotatable bonds is 6. The molecule has 0 radical (unpaired) electrons. The molecule has 0 saturated carbocycles. The molecule has 1 amide bonds. The monoisotopic (exact) mass is 474 g/mol. The summed E-state index contributed by atoms with van der Waals surface area (Å²) in [5.41, 5.74) is 3.91. The van der Waals surface area contributed by atoms with Crippen LogP contribution in [0.25, 0.3) is 22.4 Å². The summed E-state index contributed by atoms with van der Waals surface area (Å²) in [7, 11) is 1.64. The lowest BCUT2D eigenvalue weighted by Crippen LogP contribution is -2.14. The zero-order valence-electron chi connectivity index (χ0n) is 18.0. The van der Waals surface area contributed by atoms with E-state index in [2.05, 4.69) is 20.6 Å². The van der Waals surface area contributed by atoms with Gasteiger partial charge in [0.15, 0.2) is 22.3 Å². The standard InChI is InChI=1S/C23H18N6O4S/c1-31-16-5-2-14(3-6-16)17-11-18-22-25-26-23(28(22)8-9-29(18)27-17)34-12-21(30)24-15-4-7-19-20(10-15)33-13-32-19/h2-11H,12-13H2,1H3,(H,24,30). The molecule has 0 bridgehead atoms. The Hall–Kier alpha value is -4.25. The molecule has 6 rings (SSSR count). The van der Waals surface area contributed by atoms with E-state index in [0.29, 0.717) is 28.0 Å². The van der Waals surface area contributed by atoms with E-state index < -0.39 is 0 Å². The maximum atomic E-state index is 12.5. The fourth-order valence-corrected chi connectivity index (χ4v) is 4.41. The summed E-state index contributed by atoms with van der Waals surface area (Å²) in [5, 5.41) is 16.7. The van der Waals surface area contributed by atoms with Gasteiger partial charge in [0.05, 0.1) is 18.6 Å². The predicted octanol–water partition coefficient (Wildman–Crippen LogP) is 3.51. The lowest BCUT2D eigenvalue weighted by Gasteiger charge is -2.05. The highest BCUT2D eigenvalue weighted by Gasteiger charge is 2.16. The van der Waals surface area contributed by atoms with Crippen LogP contribution in [0.1, 0.15) is 0 Å². The average Bonchev–Trinajstić information content (AvgIpc) is 3.60. The summed E-state index contributed by atoms with van der Waals surface area (Å²) in [6, 6.07) is 15.0. The van der Waals surface area contributed by atoms with Crippen LogP contribution in [0.5, 0.6) is 17.2 Å². The van der Waals surface area contributed by atoms with Crippen LogP contribution >= 0.6 is 11.8 Å². The number of carbonyl (C=O) groups is 1. The molecule has 5 aromatic rings. The van der Waals surface area contributed by atoms with Crippen LogP contribution in [-0.4, -0.2) is 49.8 Å². The fourth-order valence-electron chi connectivity index (χ4n) is 3.69. The minimum atomic E-state index is -0.159. The molecule has 4 heterocycles. The van der Waals surface area contributed by atoms with Gasteiger partial charge in [0.25, 0.3) is 0 Å². The molecule has 1 aliphatic rings. The number of amides is 1. The molecule has 2 aromatic carbocycles. The van der Waals surface area contributed by atoms with Gasteiger partial charge in [-0.15, -0.1) is 10.2 Å². The van der Waals surface area contributed by atoms with Gasteiger partial charge >= 0.3 is 0 Å². The Balaban J connectivity index is 1.19. The Morgan fingerprint density at radius 1 is 1.09 bits per heavy atom. The van der Waals surface area contributed by atoms with E-state index in [1.165, 1.54) is 11.8 Å². The molecule has 1 N–H and O–H groups in total. The fraction of sp³-hybridized carbons (Fsp3) is 0.130. The number of methoxy groups -OCH3 is 1. The molecule has 0 atom stereocenters. The Kier molecular flexibility index (Phi) is 4.95. The van der Waals surface area contributed by atoms with E-state index in [9.17, 15) is 4.79 Å². The van der Waals surface area contributed by atoms with Crippen LogP contribution in [0.2, 0.25) is 0 Å². The summed E-state index contributed by atoms with van der Waals surface area (Å²) < 4.78 is 19.5. The zero-order chi connectivity index (χ0) is 23.1. The van der Waals surface area contributed by atoms with Crippen molar-refractivity contribution in [2.75, 3.05) is 25.0 Å². The molecule has 0 unspecified atom stereocenters. The molecule has 3 aromatic heterocycles. The van der Waals surface area contributed by atoms with E-state index in [4.69, 9.17) is 14.2 Å². The highest BCUT2D eigenvalue weighted by atomic mass is 32.2. The predicted molar refractivity (Wildman–Crippen MR) is 126 cm³/mol. The summed E-state index contributed by atoms with van der Waals surface area (Å²) in [5.74, 6) is 2.09. The lowest BCUT2D eigenvalue weighted by molar-refractivity contribution is -0.113. The average molecular weight is 475 g/mol. The van der Waals surface area contributed by atoms with E-state index in [1.807, 2.05) is 47.1 Å². The molecule has 1 aliphatic heterocycles. The Labute approximate surface area is 197 Å². The van der Waals surface area contributed by atoms with Crippen LogP contribution in [0.4, 0.5) is 5.69 Å². The number of carbonyl (C=O) groups excluding carboxylic acids is 1. The van der Waals surface area contributed by atoms with Crippen LogP contribution in [-0.2, 0) is 4.79 Å². The second-order valence-electron chi connectivity index (χ2n) is 7.47. The molecule has 11 heteroatoms. The Morgan fingerprint density at radius 3 is 2.79 bits per heavy atom. The molecule has 0 fully saturated rings. The van der Waals surface area contributed by atoms with Gasteiger partial charge in [-0.25, -0.2) is 4.52 Å². The molecular formula is C23H18N6O4S. The molecule has 0 saturated heterocycles. The van der Waals surface area contributed by atoms with Gasteiger partial charge in [-0.2, -0.15) is 5.10 Å². The third kappa shape index (κ3) is 3.65. The summed E-state index contributed by atoms with van der Waals surface area (Å²) >= 11 is 1.30. The van der Waals surface area contributed by atoms with E-state index in [1.54, 1.807) is 29.8 Å². The number of ether oxygens (including phenoxy) is 3. The Morgan fingerprint density at radius 2 is 1.94 bits per heavy atom. The highest BCUT2D eigenvalue weighted by molar-refractivity contribution is 7.99. The van der Waals surface area contributed by atoms with Crippen molar-refractivity contribution in [3.63, 3.8) is 0 Å². The van der Waals surface area contributed by atoms with Crippen LogP contribution in [0, 0.1) is 0 Å². The molecular weight excluding hydrogens is 456 g/mol. The van der Waals surface area contributed by atoms with Crippen LogP contribution < -0.4 is 19.5 Å². The quantitative estimate of drug-likeness (QED) is 0.373. The number of hydrogen-bond acceptors (Lipinski definition) is 8. The number of hydrogen-bond donors (Lipinski definition) is 1. The summed E-state index contributed by atoms with van der Waals surface area (Å²) in [6.07, 6.45) is 3.68. The van der Waals surface area contributed by atoms with Crippen molar-refractivity contribution < 1.29 is 19.0 Å². The number of nitrogens with zero attached hydrogens (tertiary/aromatic N) is 5. The van der Waals surface area contributed by atoms with Crippen molar-refractivity contribution in [1.29, 1.82) is 0 Å².